The van der Waals surface area contributed by atoms with Crippen molar-refractivity contribution >= 4 is 33.8 Å². The van der Waals surface area contributed by atoms with Crippen LogP contribution in [0.15, 0.2) is 21.4 Å². The van der Waals surface area contributed by atoms with E-state index >= 15 is 0 Å². The normalized spacial score (nSPS) is 11.8. The molecule has 7 nitrogen and oxygen atoms in total. The van der Waals surface area contributed by atoms with Crippen molar-refractivity contribution < 1.29 is 29.0 Å². The molecule has 0 spiro atoms. The molecule has 0 aliphatic rings. The third-order valence-electron chi connectivity index (χ3n) is 1.84. The van der Waals surface area contributed by atoms with E-state index in [0.717, 1.165) is 0 Å². The predicted octanol–water partition coefficient (Wildman–Crippen LogP) is 0.700. The van der Waals surface area contributed by atoms with E-state index in [1.165, 1.54) is 12.3 Å². The quantitative estimate of drug-likeness (QED) is 0.737. The number of aliphatic carboxylic acids is 2. The van der Waals surface area contributed by atoms with Gasteiger partial charge >= 0.3 is 11.9 Å². The van der Waals surface area contributed by atoms with E-state index in [0.29, 0.717) is 0 Å². The number of nitrogens with one attached hydrogen (secondary N) is 1. The van der Waals surface area contributed by atoms with Crippen LogP contribution in [0.2, 0.25) is 0 Å². The fourth-order valence-electron chi connectivity index (χ4n) is 1.07. The summed E-state index contributed by atoms with van der Waals surface area (Å²) in [5.74, 6) is -3.45. The first kappa shape index (κ1) is 13.2. The summed E-state index contributed by atoms with van der Waals surface area (Å²) in [6, 6.07) is -0.152. The predicted molar refractivity (Wildman–Crippen MR) is 57.6 cm³/mol. The number of furan rings is 1. The molecule has 1 heterocycles. The molecule has 1 atom stereocenters. The van der Waals surface area contributed by atoms with Crippen LogP contribution in [0, 0.1) is 0 Å². The average molecular weight is 306 g/mol. The zero-order chi connectivity index (χ0) is 13.0. The summed E-state index contributed by atoms with van der Waals surface area (Å²) in [6.45, 7) is 0. The largest absolute Gasteiger partial charge is 0.481 e. The number of hydrogen-bond acceptors (Lipinski definition) is 4. The minimum absolute atomic E-state index is 0.0987. The zero-order valence-electron chi connectivity index (χ0n) is 8.34. The second-order valence-electron chi connectivity index (χ2n) is 3.07. The van der Waals surface area contributed by atoms with Crippen LogP contribution in [0.1, 0.15) is 16.8 Å². The van der Waals surface area contributed by atoms with Crippen LogP contribution in [-0.4, -0.2) is 34.1 Å². The Bertz CT molecular complexity index is 454. The molecule has 1 aromatic rings. The first-order valence-electron chi connectivity index (χ1n) is 4.40. The van der Waals surface area contributed by atoms with E-state index in [-0.39, 0.29) is 10.2 Å². The van der Waals surface area contributed by atoms with Crippen molar-refractivity contribution in [3.05, 3.63) is 22.6 Å². The molecule has 0 saturated carbocycles. The second-order valence-corrected chi connectivity index (χ2v) is 3.79. The molecule has 0 unspecified atom stereocenters. The van der Waals surface area contributed by atoms with Gasteiger partial charge in [-0.2, -0.15) is 0 Å². The van der Waals surface area contributed by atoms with Gasteiger partial charge in [-0.1, -0.05) is 0 Å². The maximum Gasteiger partial charge on any atom is 0.326 e. The van der Waals surface area contributed by atoms with Gasteiger partial charge in [0, 0.05) is 0 Å². The first-order chi connectivity index (χ1) is 7.91. The molecule has 8 heteroatoms. The Labute approximate surface area is 104 Å². The highest BCUT2D eigenvalue weighted by molar-refractivity contribution is 9.10. The van der Waals surface area contributed by atoms with Gasteiger partial charge in [0.15, 0.2) is 4.67 Å². The molecule has 0 radical (unpaired) electrons. The Morgan fingerprint density at radius 2 is 2.06 bits per heavy atom. The molecule has 0 bridgehead atoms. The van der Waals surface area contributed by atoms with Crippen molar-refractivity contribution in [2.75, 3.05) is 0 Å². The lowest BCUT2D eigenvalue weighted by molar-refractivity contribution is -0.145. The summed E-state index contributed by atoms with van der Waals surface area (Å²) in [7, 11) is 0. The minimum Gasteiger partial charge on any atom is -0.481 e. The van der Waals surface area contributed by atoms with Crippen molar-refractivity contribution in [2.24, 2.45) is 0 Å². The van der Waals surface area contributed by atoms with Crippen LogP contribution in [0.5, 0.6) is 0 Å². The average Bonchev–Trinajstić information content (AvgIpc) is 2.62. The van der Waals surface area contributed by atoms with Crippen LogP contribution in [0.25, 0.3) is 0 Å². The molecule has 0 fully saturated rings. The molecule has 0 aliphatic heterocycles. The van der Waals surface area contributed by atoms with Crippen molar-refractivity contribution in [3.63, 3.8) is 0 Å². The molecular weight excluding hydrogens is 298 g/mol. The van der Waals surface area contributed by atoms with Crippen LogP contribution >= 0.6 is 15.9 Å². The van der Waals surface area contributed by atoms with Crippen LogP contribution < -0.4 is 5.32 Å². The topological polar surface area (TPSA) is 117 Å². The van der Waals surface area contributed by atoms with E-state index in [9.17, 15) is 14.4 Å². The highest BCUT2D eigenvalue weighted by atomic mass is 79.9. The molecular formula is C9H8BrNO6. The smallest absolute Gasteiger partial charge is 0.326 e. The molecule has 1 rings (SSSR count). The molecule has 1 aromatic heterocycles. The summed E-state index contributed by atoms with van der Waals surface area (Å²) >= 11 is 2.95. The van der Waals surface area contributed by atoms with Gasteiger partial charge in [-0.05, 0) is 22.0 Å². The lowest BCUT2D eigenvalue weighted by Crippen LogP contribution is -2.42. The number of carbonyl (C=O) groups excluding carboxylic acids is 1. The van der Waals surface area contributed by atoms with Crippen LogP contribution in [0.3, 0.4) is 0 Å². The summed E-state index contributed by atoms with van der Waals surface area (Å²) in [5, 5.41) is 19.3. The van der Waals surface area contributed by atoms with Crippen LogP contribution in [0.4, 0.5) is 0 Å². The Morgan fingerprint density at radius 1 is 1.41 bits per heavy atom. The monoisotopic (exact) mass is 305 g/mol. The van der Waals surface area contributed by atoms with Gasteiger partial charge in [0.1, 0.15) is 6.04 Å². The standard InChI is InChI=1S/C9H8BrNO6/c10-7-4(1-2-17-7)8(14)11-5(9(15)16)3-6(12)13/h1-2,5H,3H2,(H,11,14)(H,12,13)(H,15,16)/t5-/m1/s1. The number of amides is 1. The third kappa shape index (κ3) is 3.59. The van der Waals surface area contributed by atoms with Gasteiger partial charge in [0.2, 0.25) is 0 Å². The molecule has 3 N–H and O–H groups in total. The van der Waals surface area contributed by atoms with Gasteiger partial charge < -0.3 is 19.9 Å². The number of rotatable bonds is 5. The Kier molecular flexibility index (Phi) is 4.27. The number of carboxylic acids is 2. The number of hydrogen-bond donors (Lipinski definition) is 3. The maximum atomic E-state index is 11.6. The molecule has 0 aliphatic carbocycles. The summed E-state index contributed by atoms with van der Waals surface area (Å²) in [4.78, 5) is 32.7. The number of carbonyl (C=O) groups is 3. The maximum absolute atomic E-state index is 11.6. The molecule has 0 aromatic carbocycles. The van der Waals surface area contributed by atoms with E-state index in [1.54, 1.807) is 0 Å². The van der Waals surface area contributed by atoms with E-state index in [1.807, 2.05) is 0 Å². The Hall–Kier alpha value is -1.83. The molecule has 0 saturated heterocycles. The summed E-state index contributed by atoms with van der Waals surface area (Å²) in [6.07, 6.45) is 0.544. The fraction of sp³-hybridized carbons (Fsp3) is 0.222. The van der Waals surface area contributed by atoms with Crippen molar-refractivity contribution in [1.29, 1.82) is 0 Å². The molecule has 92 valence electrons. The van der Waals surface area contributed by atoms with Crippen molar-refractivity contribution in [3.8, 4) is 0 Å². The molecule has 17 heavy (non-hydrogen) atoms. The fourth-order valence-corrected chi connectivity index (χ4v) is 1.49. The van der Waals surface area contributed by atoms with E-state index < -0.39 is 30.3 Å². The Balaban J connectivity index is 2.74. The summed E-state index contributed by atoms with van der Waals surface area (Å²) in [5.41, 5.74) is 0.0987. The van der Waals surface area contributed by atoms with Gasteiger partial charge in [0.25, 0.3) is 5.91 Å². The van der Waals surface area contributed by atoms with Gasteiger partial charge in [-0.25, -0.2) is 4.79 Å². The highest BCUT2D eigenvalue weighted by Crippen LogP contribution is 2.17. The SMILES string of the molecule is O=C(O)C[C@@H](NC(=O)c1ccoc1Br)C(=O)O. The van der Waals surface area contributed by atoms with Gasteiger partial charge in [-0.3, -0.25) is 9.59 Å². The second kappa shape index (κ2) is 5.48. The minimum atomic E-state index is -1.48. The third-order valence-corrected chi connectivity index (χ3v) is 2.46. The van der Waals surface area contributed by atoms with E-state index in [2.05, 4.69) is 21.2 Å². The lowest BCUT2D eigenvalue weighted by atomic mass is 10.2. The van der Waals surface area contributed by atoms with E-state index in [4.69, 9.17) is 14.6 Å². The highest BCUT2D eigenvalue weighted by Gasteiger charge is 2.24. The van der Waals surface area contributed by atoms with Crippen LogP contribution in [-0.2, 0) is 9.59 Å². The molecule has 1 amide bonds. The number of halogens is 1. The Morgan fingerprint density at radius 3 is 2.47 bits per heavy atom. The first-order valence-corrected chi connectivity index (χ1v) is 5.19. The van der Waals surface area contributed by atoms with Crippen molar-refractivity contribution in [2.45, 2.75) is 12.5 Å². The van der Waals surface area contributed by atoms with Crippen molar-refractivity contribution in [1.82, 2.24) is 5.32 Å². The van der Waals surface area contributed by atoms with Gasteiger partial charge in [-0.15, -0.1) is 0 Å². The zero-order valence-corrected chi connectivity index (χ0v) is 9.93. The summed E-state index contributed by atoms with van der Waals surface area (Å²) < 4.78 is 4.95. The lowest BCUT2D eigenvalue weighted by Gasteiger charge is -2.11. The number of carboxylic acid groups (broad SMARTS) is 2. The van der Waals surface area contributed by atoms with Gasteiger partial charge in [0.05, 0.1) is 18.2 Å².